The van der Waals surface area contributed by atoms with Gasteiger partial charge in [-0.15, -0.1) is 0 Å². The number of hydrogen-bond donors (Lipinski definition) is 2. The lowest BCUT2D eigenvalue weighted by Crippen LogP contribution is -2.54. The fourth-order valence-corrected chi connectivity index (χ4v) is 9.95. The number of benzene rings is 1. The monoisotopic (exact) mass is 970 g/mol. The van der Waals surface area contributed by atoms with E-state index in [1.807, 2.05) is 105 Å². The second kappa shape index (κ2) is 29.2. The van der Waals surface area contributed by atoms with E-state index in [4.69, 9.17) is 14.2 Å². The van der Waals surface area contributed by atoms with Crippen molar-refractivity contribution in [3.63, 3.8) is 0 Å². The van der Waals surface area contributed by atoms with Crippen molar-refractivity contribution in [1.29, 1.82) is 0 Å². The molecule has 0 unspecified atom stereocenters. The molecule has 1 heterocycles. The third-order valence-electron chi connectivity index (χ3n) is 13.8. The van der Waals surface area contributed by atoms with E-state index < -0.39 is 54.1 Å². The second-order valence-corrected chi connectivity index (χ2v) is 21.7. The Labute approximate surface area is 415 Å². The highest BCUT2D eigenvalue weighted by molar-refractivity contribution is 5.91. The van der Waals surface area contributed by atoms with E-state index >= 15 is 0 Å². The van der Waals surface area contributed by atoms with Crippen LogP contribution >= 0.6 is 0 Å². The number of carbonyl (C=O) groups excluding carboxylic acids is 7. The van der Waals surface area contributed by atoms with Crippen molar-refractivity contribution in [2.24, 2.45) is 40.9 Å². The molecule has 10 atom stereocenters. The Kier molecular flexibility index (Phi) is 25.8. The smallest absolute Gasteiger partial charge is 0.328 e. The van der Waals surface area contributed by atoms with Crippen LogP contribution in [0.15, 0.2) is 30.3 Å². The molecule has 0 aliphatic carbocycles. The molecule has 1 aliphatic rings. The highest BCUT2D eigenvalue weighted by Crippen LogP contribution is 2.32. The molecular weight excluding hydrogens is 879 g/mol. The van der Waals surface area contributed by atoms with Crippen LogP contribution < -0.4 is 10.6 Å². The molecular formula is C54H91N5O10. The quantitative estimate of drug-likeness (QED) is 0.0632. The number of ketones is 2. The minimum atomic E-state index is -0.810. The molecule has 2 N–H and O–H groups in total. The van der Waals surface area contributed by atoms with Crippen LogP contribution in [-0.2, 0) is 54.2 Å². The zero-order valence-corrected chi connectivity index (χ0v) is 45.2. The molecule has 0 radical (unpaired) electrons. The third kappa shape index (κ3) is 19.1. The standard InChI is InChI=1S/C54H91N5O10/c1-17-36(6)49(58(14)52(65)41(34(2)3)31-44(61)48(35(4)5)57(12)13)45(67-15)32-47(63)59-27-21-25-42(59)50(68-16)37(7)43(60)30-40(29-39-23-19-18-20-24-39)51(64)55-26-22-28-69-53(66)38(8)56-46(62)33-54(9,10)11/h18-20,23-24,34-38,40-42,45,48-50H,17,21-22,25-33H2,1-16H3,(H,55,64)(H,56,62)/t36-,37-,38-,40+,41-,42-,45+,48-,49-,50+/m0/s1. The third-order valence-corrected chi connectivity index (χ3v) is 13.8. The number of nitrogens with one attached hydrogen (secondary N) is 2. The van der Waals surface area contributed by atoms with Gasteiger partial charge in [-0.2, -0.15) is 0 Å². The van der Waals surface area contributed by atoms with Crippen molar-refractivity contribution in [3.8, 4) is 0 Å². The summed E-state index contributed by atoms with van der Waals surface area (Å²) in [7, 11) is 8.65. The van der Waals surface area contributed by atoms with Crippen molar-refractivity contribution in [3.05, 3.63) is 35.9 Å². The summed E-state index contributed by atoms with van der Waals surface area (Å²) in [6, 6.07) is 7.52. The van der Waals surface area contributed by atoms with Crippen molar-refractivity contribution >= 4 is 41.2 Å². The van der Waals surface area contributed by atoms with Crippen molar-refractivity contribution in [2.75, 3.05) is 55.1 Å². The summed E-state index contributed by atoms with van der Waals surface area (Å²) in [6.07, 6.45) is 1.79. The number of hydrogen-bond acceptors (Lipinski definition) is 11. The Morgan fingerprint density at radius 2 is 1.48 bits per heavy atom. The topological polar surface area (TPSA) is 181 Å². The minimum Gasteiger partial charge on any atom is -0.464 e. The van der Waals surface area contributed by atoms with Crippen LogP contribution in [0.1, 0.15) is 133 Å². The maximum atomic E-state index is 14.5. The molecule has 0 aromatic heterocycles. The van der Waals surface area contributed by atoms with E-state index in [1.165, 1.54) is 0 Å². The van der Waals surface area contributed by atoms with Gasteiger partial charge in [-0.05, 0) is 75.4 Å². The second-order valence-electron chi connectivity index (χ2n) is 21.7. The van der Waals surface area contributed by atoms with Crippen LogP contribution in [-0.4, -0.2) is 147 Å². The average Bonchev–Trinajstić information content (AvgIpc) is 3.76. The molecule has 0 bridgehead atoms. The fraction of sp³-hybridized carbons (Fsp3) is 0.759. The van der Waals surface area contributed by atoms with Crippen molar-refractivity contribution in [1.82, 2.24) is 25.3 Å². The summed E-state index contributed by atoms with van der Waals surface area (Å²) in [6.45, 7) is 22.0. The van der Waals surface area contributed by atoms with Gasteiger partial charge in [-0.3, -0.25) is 33.7 Å². The first-order valence-electron chi connectivity index (χ1n) is 25.4. The van der Waals surface area contributed by atoms with Gasteiger partial charge in [0.15, 0.2) is 5.78 Å². The van der Waals surface area contributed by atoms with Crippen molar-refractivity contribution in [2.45, 2.75) is 170 Å². The molecule has 2 rings (SSSR count). The maximum Gasteiger partial charge on any atom is 0.328 e. The minimum absolute atomic E-state index is 0.00523. The lowest BCUT2D eigenvalue weighted by molar-refractivity contribution is -0.149. The molecule has 4 amide bonds. The van der Waals surface area contributed by atoms with Gasteiger partial charge in [0.2, 0.25) is 23.6 Å². The van der Waals surface area contributed by atoms with Crippen LogP contribution in [0.5, 0.6) is 0 Å². The van der Waals surface area contributed by atoms with E-state index in [1.54, 1.807) is 44.9 Å². The van der Waals surface area contributed by atoms with Crippen LogP contribution in [0.25, 0.3) is 0 Å². The first kappa shape index (κ1) is 60.9. The Morgan fingerprint density at radius 3 is 2.01 bits per heavy atom. The molecule has 69 heavy (non-hydrogen) atoms. The van der Waals surface area contributed by atoms with E-state index in [-0.39, 0.29) is 103 Å². The summed E-state index contributed by atoms with van der Waals surface area (Å²) in [5.74, 6) is -3.47. The Balaban J connectivity index is 2.21. The molecule has 1 aromatic rings. The van der Waals surface area contributed by atoms with E-state index in [2.05, 4.69) is 17.6 Å². The summed E-state index contributed by atoms with van der Waals surface area (Å²) in [4.78, 5) is 101. The molecule has 15 nitrogen and oxygen atoms in total. The van der Waals surface area contributed by atoms with Crippen LogP contribution in [0, 0.1) is 40.9 Å². The Hall–Kier alpha value is -4.21. The van der Waals surface area contributed by atoms with E-state index in [0.717, 1.165) is 18.4 Å². The zero-order chi connectivity index (χ0) is 52.3. The normalized spacial score (nSPS) is 18.1. The lowest BCUT2D eigenvalue weighted by atomic mass is 9.83. The molecule has 1 fully saturated rings. The summed E-state index contributed by atoms with van der Waals surface area (Å²) in [5, 5.41) is 5.60. The van der Waals surface area contributed by atoms with Gasteiger partial charge in [-0.25, -0.2) is 4.79 Å². The van der Waals surface area contributed by atoms with Gasteiger partial charge in [0.1, 0.15) is 11.8 Å². The number of esters is 1. The molecule has 1 aliphatic heterocycles. The number of rotatable bonds is 30. The number of amides is 4. The molecule has 0 spiro atoms. The number of likely N-dealkylation sites (N-methyl/N-ethyl adjacent to an activating group) is 2. The Morgan fingerprint density at radius 1 is 0.841 bits per heavy atom. The first-order chi connectivity index (χ1) is 32.3. The van der Waals surface area contributed by atoms with Gasteiger partial charge in [-0.1, -0.05) is 106 Å². The van der Waals surface area contributed by atoms with Gasteiger partial charge >= 0.3 is 5.97 Å². The summed E-state index contributed by atoms with van der Waals surface area (Å²) in [5.41, 5.74) is 0.679. The molecule has 1 aromatic carbocycles. The number of methoxy groups -OCH3 is 2. The predicted octanol–water partition coefficient (Wildman–Crippen LogP) is 6.53. The lowest BCUT2D eigenvalue weighted by Gasteiger charge is -2.41. The molecule has 0 saturated carbocycles. The number of ether oxygens (including phenoxy) is 3. The van der Waals surface area contributed by atoms with Gasteiger partial charge < -0.3 is 34.6 Å². The predicted molar refractivity (Wildman–Crippen MR) is 270 cm³/mol. The average molecular weight is 970 g/mol. The van der Waals surface area contributed by atoms with Gasteiger partial charge in [0.05, 0.1) is 43.4 Å². The van der Waals surface area contributed by atoms with E-state index in [9.17, 15) is 33.6 Å². The first-order valence-corrected chi connectivity index (χ1v) is 25.4. The van der Waals surface area contributed by atoms with E-state index in [0.29, 0.717) is 25.8 Å². The van der Waals surface area contributed by atoms with Crippen LogP contribution in [0.3, 0.4) is 0 Å². The summed E-state index contributed by atoms with van der Waals surface area (Å²) >= 11 is 0. The largest absolute Gasteiger partial charge is 0.464 e. The van der Waals surface area contributed by atoms with Crippen LogP contribution in [0.4, 0.5) is 0 Å². The number of carbonyl (C=O) groups is 7. The highest BCUT2D eigenvalue weighted by atomic mass is 16.5. The highest BCUT2D eigenvalue weighted by Gasteiger charge is 2.43. The SMILES string of the molecule is CC[C@H](C)[C@@H]([C@@H](CC(=O)N1CCC[C@H]1[C@H](OC)[C@@H](C)C(=O)C[C@@H](Cc1ccccc1)C(=O)NCCCOC(=O)[C@H](C)NC(=O)CC(C)(C)C)OC)N(C)C(=O)[C@@H](CC(=O)[C@H](C(C)C)N(C)C)C(C)C. The van der Waals surface area contributed by atoms with Crippen molar-refractivity contribution < 1.29 is 47.8 Å². The maximum absolute atomic E-state index is 14.5. The molecule has 392 valence electrons. The number of Topliss-reactive ketones (excluding diaryl/α,β-unsaturated/α-hetero) is 2. The van der Waals surface area contributed by atoms with Crippen LogP contribution in [0.2, 0.25) is 0 Å². The summed E-state index contributed by atoms with van der Waals surface area (Å²) < 4.78 is 17.5. The fourth-order valence-electron chi connectivity index (χ4n) is 9.95. The molecule has 15 heteroatoms. The van der Waals surface area contributed by atoms with Gasteiger partial charge in [0, 0.05) is 71.4 Å². The number of nitrogens with zero attached hydrogens (tertiary/aromatic N) is 3. The zero-order valence-electron chi connectivity index (χ0n) is 45.2. The van der Waals surface area contributed by atoms with Gasteiger partial charge in [0.25, 0.3) is 0 Å². The Bertz CT molecular complexity index is 1790. The molecule has 1 saturated heterocycles. The number of likely N-dealkylation sites (tertiary alicyclic amines) is 1.